The van der Waals surface area contributed by atoms with Gasteiger partial charge in [0.05, 0.1) is 0 Å². The van der Waals surface area contributed by atoms with Gasteiger partial charge in [0.2, 0.25) is 0 Å². The molecule has 1 aliphatic rings. The van der Waals surface area contributed by atoms with Crippen LogP contribution in [-0.4, -0.2) is 16.8 Å². The van der Waals surface area contributed by atoms with Gasteiger partial charge < -0.3 is 5.73 Å². The molecule has 1 aliphatic carbocycles. The molecule has 86 valence electrons. The van der Waals surface area contributed by atoms with Crippen LogP contribution in [0.5, 0.6) is 0 Å². The van der Waals surface area contributed by atoms with Crippen LogP contribution >= 0.6 is 0 Å². The lowest BCUT2D eigenvalue weighted by molar-refractivity contribution is -0.123. The fourth-order valence-corrected chi connectivity index (χ4v) is 2.39. The molecule has 0 saturated heterocycles. The third-order valence-electron chi connectivity index (χ3n) is 3.33. The lowest BCUT2D eigenvalue weighted by atomic mass is 9.81. The van der Waals surface area contributed by atoms with Gasteiger partial charge in [-0.3, -0.25) is 9.78 Å². The van der Waals surface area contributed by atoms with Crippen molar-refractivity contribution in [3.05, 3.63) is 30.1 Å². The largest absolute Gasteiger partial charge is 0.327 e. The summed E-state index contributed by atoms with van der Waals surface area (Å²) in [5, 5.41) is 0. The predicted molar refractivity (Wildman–Crippen MR) is 62.9 cm³/mol. The third kappa shape index (κ3) is 2.67. The van der Waals surface area contributed by atoms with Gasteiger partial charge in [-0.2, -0.15) is 0 Å². The van der Waals surface area contributed by atoms with Crippen LogP contribution in [0, 0.1) is 5.92 Å². The molecule has 0 aromatic carbocycles. The normalized spacial score (nSPS) is 25.3. The maximum absolute atomic E-state index is 12.1. The number of nitrogens with two attached hydrogens (primary N) is 1. The van der Waals surface area contributed by atoms with Crippen molar-refractivity contribution in [1.29, 1.82) is 0 Å². The Bertz CT molecular complexity index is 350. The van der Waals surface area contributed by atoms with E-state index in [1.54, 1.807) is 12.4 Å². The van der Waals surface area contributed by atoms with Gasteiger partial charge in [0.25, 0.3) is 0 Å². The lowest BCUT2D eigenvalue weighted by Gasteiger charge is -2.27. The van der Waals surface area contributed by atoms with Crippen molar-refractivity contribution >= 4 is 5.78 Å². The van der Waals surface area contributed by atoms with Gasteiger partial charge in [-0.25, -0.2) is 0 Å². The summed E-state index contributed by atoms with van der Waals surface area (Å²) < 4.78 is 0. The molecule has 3 nitrogen and oxygen atoms in total. The van der Waals surface area contributed by atoms with E-state index in [1.165, 1.54) is 0 Å². The van der Waals surface area contributed by atoms with Gasteiger partial charge in [0.1, 0.15) is 5.78 Å². The quantitative estimate of drug-likeness (QED) is 0.840. The van der Waals surface area contributed by atoms with Crippen LogP contribution in [0.1, 0.15) is 31.2 Å². The van der Waals surface area contributed by atoms with Crippen LogP contribution in [-0.2, 0) is 11.2 Å². The third-order valence-corrected chi connectivity index (χ3v) is 3.33. The zero-order chi connectivity index (χ0) is 11.4. The fraction of sp³-hybridized carbons (Fsp3) is 0.538. The molecular formula is C13H18N2O. The Morgan fingerprint density at radius 3 is 2.94 bits per heavy atom. The minimum atomic E-state index is 0.0638. The first-order chi connectivity index (χ1) is 7.77. The van der Waals surface area contributed by atoms with Crippen molar-refractivity contribution in [3.63, 3.8) is 0 Å². The van der Waals surface area contributed by atoms with E-state index >= 15 is 0 Å². The molecule has 0 bridgehead atoms. The van der Waals surface area contributed by atoms with Crippen LogP contribution in [0.2, 0.25) is 0 Å². The highest BCUT2D eigenvalue weighted by Gasteiger charge is 2.27. The highest BCUT2D eigenvalue weighted by molar-refractivity contribution is 5.83. The summed E-state index contributed by atoms with van der Waals surface area (Å²) in [6.07, 6.45) is 8.21. The molecule has 1 heterocycles. The van der Waals surface area contributed by atoms with E-state index in [4.69, 9.17) is 5.73 Å². The molecule has 1 aromatic rings. The zero-order valence-electron chi connectivity index (χ0n) is 9.43. The van der Waals surface area contributed by atoms with E-state index in [9.17, 15) is 4.79 Å². The Morgan fingerprint density at radius 1 is 1.44 bits per heavy atom. The van der Waals surface area contributed by atoms with Crippen molar-refractivity contribution in [1.82, 2.24) is 4.98 Å². The van der Waals surface area contributed by atoms with Crippen molar-refractivity contribution < 1.29 is 4.79 Å². The molecule has 2 N–H and O–H groups in total. The van der Waals surface area contributed by atoms with E-state index in [0.29, 0.717) is 6.42 Å². The number of Topliss-reactive ketones (excluding diaryl/α,β-unsaturated/α-hetero) is 1. The highest BCUT2D eigenvalue weighted by Crippen LogP contribution is 2.24. The summed E-state index contributed by atoms with van der Waals surface area (Å²) in [4.78, 5) is 16.1. The summed E-state index contributed by atoms with van der Waals surface area (Å²) in [5.74, 6) is 0.342. The van der Waals surface area contributed by atoms with Crippen LogP contribution in [0.25, 0.3) is 0 Å². The number of hydrogen-bond donors (Lipinski definition) is 1. The van der Waals surface area contributed by atoms with Crippen LogP contribution < -0.4 is 5.73 Å². The second-order valence-electron chi connectivity index (χ2n) is 4.56. The number of aromatic nitrogens is 1. The number of ketones is 1. The molecule has 0 aliphatic heterocycles. The Labute approximate surface area is 96.1 Å². The molecule has 2 atom stereocenters. The summed E-state index contributed by atoms with van der Waals surface area (Å²) in [6, 6.07) is 3.88. The molecule has 1 saturated carbocycles. The van der Waals surface area contributed by atoms with Gasteiger partial charge in [-0.15, -0.1) is 0 Å². The number of pyridine rings is 1. The van der Waals surface area contributed by atoms with Crippen molar-refractivity contribution in [2.45, 2.75) is 38.1 Å². The molecule has 0 radical (unpaired) electrons. The minimum absolute atomic E-state index is 0.0638. The van der Waals surface area contributed by atoms with E-state index in [0.717, 1.165) is 31.2 Å². The summed E-state index contributed by atoms with van der Waals surface area (Å²) in [6.45, 7) is 0. The SMILES string of the molecule is NC1CCCCC1C(=O)Cc1cccnc1. The highest BCUT2D eigenvalue weighted by atomic mass is 16.1. The molecule has 3 heteroatoms. The molecule has 0 amide bonds. The van der Waals surface area contributed by atoms with E-state index < -0.39 is 0 Å². The molecule has 16 heavy (non-hydrogen) atoms. The van der Waals surface area contributed by atoms with Crippen LogP contribution in [0.3, 0.4) is 0 Å². The second-order valence-corrected chi connectivity index (χ2v) is 4.56. The zero-order valence-corrected chi connectivity index (χ0v) is 9.43. The number of hydrogen-bond acceptors (Lipinski definition) is 3. The lowest BCUT2D eigenvalue weighted by Crippen LogP contribution is -2.38. The van der Waals surface area contributed by atoms with Gasteiger partial charge >= 0.3 is 0 Å². The minimum Gasteiger partial charge on any atom is -0.327 e. The number of nitrogens with zero attached hydrogens (tertiary/aromatic N) is 1. The molecular weight excluding hydrogens is 200 g/mol. The van der Waals surface area contributed by atoms with Gasteiger partial charge in [-0.05, 0) is 24.5 Å². The number of carbonyl (C=O) groups is 1. The average molecular weight is 218 g/mol. The van der Waals surface area contributed by atoms with Crippen molar-refractivity contribution in [2.24, 2.45) is 11.7 Å². The van der Waals surface area contributed by atoms with Crippen LogP contribution in [0.4, 0.5) is 0 Å². The van der Waals surface area contributed by atoms with Crippen molar-refractivity contribution in [2.75, 3.05) is 0 Å². The van der Waals surface area contributed by atoms with Crippen molar-refractivity contribution in [3.8, 4) is 0 Å². The molecule has 2 rings (SSSR count). The smallest absolute Gasteiger partial charge is 0.141 e. The first kappa shape index (κ1) is 11.3. The summed E-state index contributed by atoms with van der Waals surface area (Å²) in [7, 11) is 0. The summed E-state index contributed by atoms with van der Waals surface area (Å²) in [5.41, 5.74) is 6.99. The molecule has 1 fully saturated rings. The van der Waals surface area contributed by atoms with E-state index in [2.05, 4.69) is 4.98 Å². The maximum Gasteiger partial charge on any atom is 0.141 e. The average Bonchev–Trinajstić information content (AvgIpc) is 2.31. The van der Waals surface area contributed by atoms with Crippen LogP contribution in [0.15, 0.2) is 24.5 Å². The number of carbonyl (C=O) groups excluding carboxylic acids is 1. The first-order valence-electron chi connectivity index (χ1n) is 5.94. The Kier molecular flexibility index (Phi) is 3.67. The van der Waals surface area contributed by atoms with Gasteiger partial charge in [0.15, 0.2) is 0 Å². The maximum atomic E-state index is 12.1. The second kappa shape index (κ2) is 5.21. The molecule has 1 aromatic heterocycles. The fourth-order valence-electron chi connectivity index (χ4n) is 2.39. The van der Waals surface area contributed by atoms with E-state index in [-0.39, 0.29) is 17.7 Å². The standard InChI is InChI=1S/C13H18N2O/c14-12-6-2-1-5-11(12)13(16)8-10-4-3-7-15-9-10/h3-4,7,9,11-12H,1-2,5-6,8,14H2. The van der Waals surface area contributed by atoms with Gasteiger partial charge in [0, 0.05) is 30.8 Å². The summed E-state index contributed by atoms with van der Waals surface area (Å²) >= 11 is 0. The monoisotopic (exact) mass is 218 g/mol. The number of rotatable bonds is 3. The van der Waals surface area contributed by atoms with E-state index in [1.807, 2.05) is 12.1 Å². The van der Waals surface area contributed by atoms with Gasteiger partial charge in [-0.1, -0.05) is 18.9 Å². The Balaban J connectivity index is 1.97. The molecule has 2 unspecified atom stereocenters. The topological polar surface area (TPSA) is 56.0 Å². The predicted octanol–water partition coefficient (Wildman–Crippen LogP) is 1.71. The first-order valence-corrected chi connectivity index (χ1v) is 5.94. The molecule has 0 spiro atoms. The Morgan fingerprint density at radius 2 is 2.25 bits per heavy atom. The Hall–Kier alpha value is -1.22.